The number of benzene rings is 8. The number of hydrogen-bond acceptors (Lipinski definition) is 16. The van der Waals surface area contributed by atoms with Crippen LogP contribution in [0.5, 0.6) is 20.3 Å². The van der Waals surface area contributed by atoms with Gasteiger partial charge in [-0.25, -0.2) is 0 Å². The van der Waals surface area contributed by atoms with Crippen LogP contribution in [-0.4, -0.2) is 40.4 Å². The Morgan fingerprint density at radius 3 is 0.920 bits per heavy atom. The zero-order valence-electron chi connectivity index (χ0n) is 44.8. The van der Waals surface area contributed by atoms with Crippen molar-refractivity contribution in [1.82, 2.24) is 19.9 Å². The largest absolute Gasteiger partial charge is 0.499 e. The van der Waals surface area contributed by atoms with Gasteiger partial charge >= 0.3 is 0 Å². The van der Waals surface area contributed by atoms with E-state index in [9.17, 15) is 40.1 Å². The predicted octanol–water partition coefficient (Wildman–Crippen LogP) is 22.4. The number of aromatic amines is 4. The van der Waals surface area contributed by atoms with Gasteiger partial charge in [-0.05, 0) is 106 Å². The van der Waals surface area contributed by atoms with Gasteiger partial charge in [0.05, 0.1) is 45.0 Å². The maximum atomic E-state index is 11.4. The summed E-state index contributed by atoms with van der Waals surface area (Å²) in [6, 6.07) is 55.4. The van der Waals surface area contributed by atoms with Gasteiger partial charge in [0.15, 0.2) is 20.3 Å². The van der Waals surface area contributed by atoms with Gasteiger partial charge in [-0.1, -0.05) is 180 Å². The number of aryl methyl sites for hydroxylation is 1. The molecule has 0 spiro atoms. The summed E-state index contributed by atoms with van der Waals surface area (Å²) in [6.45, 7) is 1.97. The molecule has 8 aromatic carbocycles. The Labute approximate surface area is 523 Å². The summed E-state index contributed by atoms with van der Waals surface area (Å²) in [5.41, 5.74) is 10.4. The molecule has 0 fully saturated rings. The van der Waals surface area contributed by atoms with Gasteiger partial charge < -0.3 is 40.4 Å². The van der Waals surface area contributed by atoms with E-state index in [2.05, 4.69) is 72.5 Å². The molecule has 8 heterocycles. The Kier molecular flexibility index (Phi) is 15.1. The standard InChI is InChI=1S/C17H12N2O2S.2C16H9BrN2O2S.C16H10N2O2S/c1-9-6-7-12-11(8-9)15(19-21)16(18-12)14-10-4-2-3-5-13(10)22-17(14)20;2*17-8-5-6-11-10(7-8)14(19-21)15(18-11)13-9-3-1-2-4-12(9)22-16(13)20;19-16-13(10-6-2-4-8-12(10)21-16)15-14(18-20)9-5-1-3-7-11(9)17-15/h2-8,18,20H,1H3;2*1-7,18,20H;1-8,17,19H. The van der Waals surface area contributed by atoms with Crippen LogP contribution in [0.15, 0.2) is 206 Å². The number of nitrogens with one attached hydrogen (secondary N) is 4. The molecule has 0 bridgehead atoms. The maximum absolute atomic E-state index is 11.4. The molecule has 0 unspecified atom stereocenters. The molecule has 22 heteroatoms. The second-order valence-corrected chi connectivity index (χ2v) is 25.8. The number of H-pyrrole nitrogens is 4. The van der Waals surface area contributed by atoms with Gasteiger partial charge in [0, 0.05) is 92.9 Å². The highest BCUT2D eigenvalue weighted by atomic mass is 79.9. The van der Waals surface area contributed by atoms with Crippen LogP contribution >= 0.6 is 77.2 Å². The quantitative estimate of drug-likeness (QED) is 0.0677. The lowest BCUT2D eigenvalue weighted by Crippen LogP contribution is -1.76. The molecule has 8 aromatic heterocycles. The van der Waals surface area contributed by atoms with E-state index in [-0.39, 0.29) is 20.3 Å². The molecular weight excluding hydrogens is 1310 g/mol. The van der Waals surface area contributed by atoms with Crippen molar-refractivity contribution in [2.24, 2.45) is 20.7 Å². The minimum Gasteiger partial charge on any atom is -0.499 e. The molecule has 426 valence electrons. The average Bonchev–Trinajstić information content (AvgIpc) is 2.12. The van der Waals surface area contributed by atoms with Crippen LogP contribution in [0.3, 0.4) is 0 Å². The third-order valence-electron chi connectivity index (χ3n) is 14.7. The van der Waals surface area contributed by atoms with E-state index in [0.29, 0.717) is 67.8 Å². The fourth-order valence-electron chi connectivity index (χ4n) is 10.9. The lowest BCUT2D eigenvalue weighted by molar-refractivity contribution is 0.492. The van der Waals surface area contributed by atoms with E-state index >= 15 is 0 Å². The first-order valence-electron chi connectivity index (χ1n) is 26.4. The van der Waals surface area contributed by atoms with E-state index in [1.54, 1.807) is 0 Å². The first kappa shape index (κ1) is 56.5. The van der Waals surface area contributed by atoms with Crippen molar-refractivity contribution >= 4 is 184 Å². The second kappa shape index (κ2) is 23.3. The summed E-state index contributed by atoms with van der Waals surface area (Å²) in [5, 5.41) is 61.4. The molecule has 16 aromatic rings. The Hall–Kier alpha value is -9.68. The number of nitroso groups, excluding NO2 is 4. The van der Waals surface area contributed by atoms with Crippen LogP contribution in [0, 0.1) is 26.6 Å². The summed E-state index contributed by atoms with van der Waals surface area (Å²) in [4.78, 5) is 58.3. The van der Waals surface area contributed by atoms with Crippen LogP contribution in [0.2, 0.25) is 0 Å². The second-order valence-electron chi connectivity index (χ2n) is 19.8. The van der Waals surface area contributed by atoms with Crippen LogP contribution in [0.4, 0.5) is 22.7 Å². The van der Waals surface area contributed by atoms with Crippen molar-refractivity contribution in [3.8, 4) is 65.3 Å². The summed E-state index contributed by atoms with van der Waals surface area (Å²) in [6.07, 6.45) is 0. The van der Waals surface area contributed by atoms with Crippen LogP contribution in [-0.2, 0) is 0 Å². The molecule has 87 heavy (non-hydrogen) atoms. The van der Waals surface area contributed by atoms with E-state index < -0.39 is 0 Å². The highest BCUT2D eigenvalue weighted by molar-refractivity contribution is 9.10. The van der Waals surface area contributed by atoms with Crippen molar-refractivity contribution in [1.29, 1.82) is 0 Å². The van der Waals surface area contributed by atoms with Crippen molar-refractivity contribution in [2.75, 3.05) is 0 Å². The summed E-state index contributed by atoms with van der Waals surface area (Å²) in [5.74, 6) is 0. The normalized spacial score (nSPS) is 11.3. The number of hydrogen-bond donors (Lipinski definition) is 8. The summed E-state index contributed by atoms with van der Waals surface area (Å²) < 4.78 is 5.62. The molecule has 0 amide bonds. The zero-order valence-corrected chi connectivity index (χ0v) is 51.3. The first-order chi connectivity index (χ1) is 42.3. The monoisotopic (exact) mass is 1350 g/mol. The number of nitrogens with zero attached hydrogens (tertiary/aromatic N) is 4. The molecule has 16 rings (SSSR count). The summed E-state index contributed by atoms with van der Waals surface area (Å²) >= 11 is 12.0. The minimum atomic E-state index is 0.178. The summed E-state index contributed by atoms with van der Waals surface area (Å²) in [7, 11) is 0. The Bertz CT molecular complexity index is 5020. The van der Waals surface area contributed by atoms with Gasteiger partial charge in [0.1, 0.15) is 22.7 Å². The van der Waals surface area contributed by atoms with Gasteiger partial charge in [0.2, 0.25) is 0 Å². The molecular formula is C65H40Br2N8O8S4. The van der Waals surface area contributed by atoms with Gasteiger partial charge in [0.25, 0.3) is 0 Å². The number of thiophene rings is 4. The van der Waals surface area contributed by atoms with Crippen molar-refractivity contribution in [2.45, 2.75) is 6.92 Å². The first-order valence-corrected chi connectivity index (χ1v) is 31.2. The third-order valence-corrected chi connectivity index (χ3v) is 19.6. The smallest absolute Gasteiger partial charge is 0.181 e. The number of aromatic hydroxyl groups is 4. The lowest BCUT2D eigenvalue weighted by Gasteiger charge is -1.98. The average molecular weight is 1350 g/mol. The molecule has 0 aliphatic heterocycles. The van der Waals surface area contributed by atoms with Gasteiger partial charge in [-0.15, -0.1) is 19.6 Å². The fraction of sp³-hybridized carbons (Fsp3) is 0.0154. The van der Waals surface area contributed by atoms with Crippen LogP contribution < -0.4 is 0 Å². The molecule has 0 saturated heterocycles. The van der Waals surface area contributed by atoms with Crippen molar-refractivity contribution < 1.29 is 20.4 Å². The maximum Gasteiger partial charge on any atom is 0.181 e. The number of para-hydroxylation sites is 1. The Morgan fingerprint density at radius 1 is 0.322 bits per heavy atom. The van der Waals surface area contributed by atoms with Crippen molar-refractivity contribution in [3.05, 3.63) is 210 Å². The molecule has 0 saturated carbocycles. The molecule has 0 radical (unpaired) electrons. The molecule has 0 aliphatic rings. The molecule has 16 nitrogen and oxygen atoms in total. The predicted molar refractivity (Wildman–Crippen MR) is 365 cm³/mol. The van der Waals surface area contributed by atoms with E-state index in [1.807, 2.05) is 183 Å². The fourth-order valence-corrected chi connectivity index (χ4v) is 15.4. The Morgan fingerprint density at radius 2 is 0.586 bits per heavy atom. The lowest BCUT2D eigenvalue weighted by atomic mass is 10.1. The number of halogens is 2. The van der Waals surface area contributed by atoms with Gasteiger partial charge in [-0.3, -0.25) is 0 Å². The number of rotatable bonds is 8. The van der Waals surface area contributed by atoms with E-state index in [1.165, 1.54) is 45.3 Å². The molecule has 0 aliphatic carbocycles. The molecule has 0 atom stereocenters. The van der Waals surface area contributed by atoms with E-state index in [0.717, 1.165) is 98.5 Å². The number of fused-ring (bicyclic) bond motifs is 8. The highest BCUT2D eigenvalue weighted by Gasteiger charge is 2.26. The van der Waals surface area contributed by atoms with Crippen molar-refractivity contribution in [3.63, 3.8) is 0 Å². The number of aromatic nitrogens is 4. The topological polar surface area (TPSA) is 262 Å². The van der Waals surface area contributed by atoms with Crippen LogP contribution in [0.25, 0.3) is 129 Å². The minimum absolute atomic E-state index is 0.178. The highest BCUT2D eigenvalue weighted by Crippen LogP contribution is 2.53. The van der Waals surface area contributed by atoms with E-state index in [4.69, 9.17) is 0 Å². The third kappa shape index (κ3) is 10.1. The molecule has 8 N–H and O–H groups in total. The zero-order chi connectivity index (χ0) is 60.2. The Balaban J connectivity index is 0.000000107. The SMILES string of the molecule is Cc1ccc2[nH]c(-c3c(O)sc4ccccc34)c(N=O)c2c1.O=Nc1c(-c2c(O)sc3ccccc23)[nH]c2ccc(Br)cc12.O=Nc1c(-c2c(O)sc3ccccc23)[nH]c2ccc(Br)cc12.O=Nc1c(-c2c(O)sc3ccccc23)[nH]c2ccccc12. The van der Waals surface area contributed by atoms with Crippen LogP contribution in [0.1, 0.15) is 5.56 Å². The van der Waals surface area contributed by atoms with Gasteiger partial charge in [-0.2, -0.15) is 0 Å².